The van der Waals surface area contributed by atoms with Crippen molar-refractivity contribution >= 4 is 21.4 Å². The fraction of sp³-hybridized carbons (Fsp3) is 0.0556. The summed E-state index contributed by atoms with van der Waals surface area (Å²) in [6, 6.07) is 17.2. The van der Waals surface area contributed by atoms with Crippen LogP contribution in [-0.4, -0.2) is 25.4 Å². The van der Waals surface area contributed by atoms with Gasteiger partial charge in [-0.25, -0.2) is 13.4 Å². The van der Waals surface area contributed by atoms with Crippen molar-refractivity contribution in [2.45, 2.75) is 4.90 Å². The highest BCUT2D eigenvalue weighted by Gasteiger charge is 2.20. The molecule has 9 heteroatoms. The zero-order chi connectivity index (χ0) is 19.4. The Hall–Kier alpha value is -3.46. The fourth-order valence-electron chi connectivity index (χ4n) is 2.28. The lowest BCUT2D eigenvalue weighted by molar-refractivity contribution is -0.385. The average molecular weight is 385 g/mol. The third-order valence-electron chi connectivity index (χ3n) is 3.76. The first-order valence-corrected chi connectivity index (χ1v) is 9.24. The smallest absolute Gasteiger partial charge is 0.287 e. The highest BCUT2D eigenvalue weighted by Crippen LogP contribution is 2.26. The van der Waals surface area contributed by atoms with Crippen molar-refractivity contribution in [1.82, 2.24) is 4.98 Å². The van der Waals surface area contributed by atoms with E-state index < -0.39 is 14.9 Å². The standard InChI is InChI=1S/C18H15N3O5S/c1-20(27(24,25)17-5-3-2-4-6-17)14-7-10-16(11-8-14)26-18-12-9-15(13-19-18)21(22)23/h2-13H,1H3. The van der Waals surface area contributed by atoms with E-state index in [0.29, 0.717) is 11.4 Å². The minimum atomic E-state index is -3.66. The van der Waals surface area contributed by atoms with Crippen LogP contribution in [0.1, 0.15) is 0 Å². The Morgan fingerprint density at radius 2 is 1.67 bits per heavy atom. The number of nitro groups is 1. The molecule has 0 aliphatic carbocycles. The molecule has 0 fully saturated rings. The molecular formula is C18H15N3O5S. The number of ether oxygens (including phenoxy) is 1. The maximum Gasteiger partial charge on any atom is 0.287 e. The average Bonchev–Trinajstić information content (AvgIpc) is 2.69. The lowest BCUT2D eigenvalue weighted by atomic mass is 10.3. The predicted octanol–water partition coefficient (Wildman–Crippen LogP) is 3.61. The molecule has 0 spiro atoms. The summed E-state index contributed by atoms with van der Waals surface area (Å²) in [7, 11) is -2.19. The summed E-state index contributed by atoms with van der Waals surface area (Å²) < 4.78 is 31.9. The molecule has 0 amide bonds. The number of hydrogen-bond acceptors (Lipinski definition) is 6. The molecule has 0 aliphatic rings. The number of rotatable bonds is 6. The Labute approximate surface area is 155 Å². The van der Waals surface area contributed by atoms with E-state index in [4.69, 9.17) is 4.74 Å². The van der Waals surface area contributed by atoms with Gasteiger partial charge in [0, 0.05) is 19.2 Å². The first-order chi connectivity index (χ1) is 12.9. The molecule has 0 saturated heterocycles. The van der Waals surface area contributed by atoms with Crippen LogP contribution in [0.3, 0.4) is 0 Å². The molecule has 138 valence electrons. The Balaban J connectivity index is 1.76. The van der Waals surface area contributed by atoms with E-state index >= 15 is 0 Å². The second-order valence-electron chi connectivity index (χ2n) is 5.49. The zero-order valence-electron chi connectivity index (χ0n) is 14.2. The lowest BCUT2D eigenvalue weighted by Gasteiger charge is -2.19. The van der Waals surface area contributed by atoms with Crippen LogP contribution in [0.15, 0.2) is 77.8 Å². The van der Waals surface area contributed by atoms with E-state index in [1.165, 1.54) is 35.6 Å². The van der Waals surface area contributed by atoms with Crippen molar-refractivity contribution in [1.29, 1.82) is 0 Å². The maximum absolute atomic E-state index is 12.6. The van der Waals surface area contributed by atoms with Gasteiger partial charge in [0.05, 0.1) is 15.5 Å². The van der Waals surface area contributed by atoms with Gasteiger partial charge in [0.25, 0.3) is 15.7 Å². The Kier molecular flexibility index (Phi) is 5.04. The maximum atomic E-state index is 12.6. The van der Waals surface area contributed by atoms with Gasteiger partial charge in [0.15, 0.2) is 0 Å². The second-order valence-corrected chi connectivity index (χ2v) is 7.46. The van der Waals surface area contributed by atoms with Crippen molar-refractivity contribution in [3.63, 3.8) is 0 Å². The Bertz CT molecular complexity index is 1040. The number of anilines is 1. The van der Waals surface area contributed by atoms with Crippen LogP contribution in [-0.2, 0) is 10.0 Å². The quantitative estimate of drug-likeness (QED) is 0.474. The van der Waals surface area contributed by atoms with Crippen LogP contribution in [0.2, 0.25) is 0 Å². The molecule has 0 aliphatic heterocycles. The Morgan fingerprint density at radius 3 is 2.22 bits per heavy atom. The normalized spacial score (nSPS) is 11.0. The van der Waals surface area contributed by atoms with Crippen molar-refractivity contribution in [3.8, 4) is 11.6 Å². The van der Waals surface area contributed by atoms with Gasteiger partial charge in [0.2, 0.25) is 5.88 Å². The largest absolute Gasteiger partial charge is 0.439 e. The predicted molar refractivity (Wildman–Crippen MR) is 99.4 cm³/mol. The van der Waals surface area contributed by atoms with Gasteiger partial charge in [-0.15, -0.1) is 0 Å². The van der Waals surface area contributed by atoms with Crippen molar-refractivity contribution in [3.05, 3.63) is 83.0 Å². The molecule has 0 atom stereocenters. The summed E-state index contributed by atoms with van der Waals surface area (Å²) >= 11 is 0. The molecular weight excluding hydrogens is 370 g/mol. The van der Waals surface area contributed by atoms with Crippen LogP contribution >= 0.6 is 0 Å². The lowest BCUT2D eigenvalue weighted by Crippen LogP contribution is -2.26. The van der Waals surface area contributed by atoms with Crippen LogP contribution < -0.4 is 9.04 Å². The van der Waals surface area contributed by atoms with E-state index in [0.717, 1.165) is 6.20 Å². The highest BCUT2D eigenvalue weighted by atomic mass is 32.2. The summed E-state index contributed by atoms with van der Waals surface area (Å²) in [5.41, 5.74) is 0.327. The summed E-state index contributed by atoms with van der Waals surface area (Å²) in [6.45, 7) is 0. The summed E-state index contributed by atoms with van der Waals surface area (Å²) in [6.07, 6.45) is 1.10. The van der Waals surface area contributed by atoms with Crippen LogP contribution in [0, 0.1) is 10.1 Å². The third kappa shape index (κ3) is 4.04. The number of pyridine rings is 1. The molecule has 8 nitrogen and oxygen atoms in total. The Morgan fingerprint density at radius 1 is 1.00 bits per heavy atom. The number of benzene rings is 2. The van der Waals surface area contributed by atoms with E-state index in [-0.39, 0.29) is 16.5 Å². The highest BCUT2D eigenvalue weighted by molar-refractivity contribution is 7.92. The molecule has 0 bridgehead atoms. The molecule has 1 aromatic heterocycles. The molecule has 0 unspecified atom stereocenters. The molecule has 0 N–H and O–H groups in total. The number of aromatic nitrogens is 1. The molecule has 0 saturated carbocycles. The van der Waals surface area contributed by atoms with Crippen molar-refractivity contribution < 1.29 is 18.1 Å². The fourth-order valence-corrected chi connectivity index (χ4v) is 3.49. The molecule has 3 rings (SSSR count). The van der Waals surface area contributed by atoms with Gasteiger partial charge in [-0.2, -0.15) is 0 Å². The molecule has 2 aromatic carbocycles. The summed E-state index contributed by atoms with van der Waals surface area (Å²) in [4.78, 5) is 14.1. The SMILES string of the molecule is CN(c1ccc(Oc2ccc([N+](=O)[O-])cn2)cc1)S(=O)(=O)c1ccccc1. The van der Waals surface area contributed by atoms with E-state index in [1.807, 2.05) is 0 Å². The minimum absolute atomic E-state index is 0.134. The van der Waals surface area contributed by atoms with Crippen LogP contribution in [0.4, 0.5) is 11.4 Å². The molecule has 1 heterocycles. The van der Waals surface area contributed by atoms with Crippen molar-refractivity contribution in [2.75, 3.05) is 11.4 Å². The second kappa shape index (κ2) is 7.42. The first kappa shape index (κ1) is 18.3. The van der Waals surface area contributed by atoms with Gasteiger partial charge < -0.3 is 4.74 Å². The molecule has 0 radical (unpaired) electrons. The van der Waals surface area contributed by atoms with Crippen LogP contribution in [0.25, 0.3) is 0 Å². The number of hydrogen-bond donors (Lipinski definition) is 0. The van der Waals surface area contributed by atoms with E-state index in [1.54, 1.807) is 42.5 Å². The number of sulfonamides is 1. The van der Waals surface area contributed by atoms with E-state index in [2.05, 4.69) is 4.98 Å². The summed E-state index contributed by atoms with van der Waals surface area (Å²) in [5.74, 6) is 0.615. The summed E-state index contributed by atoms with van der Waals surface area (Å²) in [5, 5.41) is 10.6. The molecule has 3 aromatic rings. The van der Waals surface area contributed by atoms with Gasteiger partial charge in [-0.1, -0.05) is 18.2 Å². The van der Waals surface area contributed by atoms with Gasteiger partial charge >= 0.3 is 0 Å². The zero-order valence-corrected chi connectivity index (χ0v) is 15.0. The number of nitrogens with zero attached hydrogens (tertiary/aromatic N) is 3. The molecule has 27 heavy (non-hydrogen) atoms. The minimum Gasteiger partial charge on any atom is -0.439 e. The van der Waals surface area contributed by atoms with E-state index in [9.17, 15) is 18.5 Å². The van der Waals surface area contributed by atoms with Crippen molar-refractivity contribution in [2.24, 2.45) is 0 Å². The van der Waals surface area contributed by atoms with Gasteiger partial charge in [-0.05, 0) is 36.4 Å². The topological polar surface area (TPSA) is 103 Å². The van der Waals surface area contributed by atoms with Gasteiger partial charge in [-0.3, -0.25) is 14.4 Å². The van der Waals surface area contributed by atoms with Gasteiger partial charge in [0.1, 0.15) is 11.9 Å². The van der Waals surface area contributed by atoms with Crippen LogP contribution in [0.5, 0.6) is 11.6 Å². The third-order valence-corrected chi connectivity index (χ3v) is 5.56. The monoisotopic (exact) mass is 385 g/mol. The first-order valence-electron chi connectivity index (χ1n) is 7.80.